The van der Waals surface area contributed by atoms with Crippen molar-refractivity contribution in [2.45, 2.75) is 63.7 Å². The summed E-state index contributed by atoms with van der Waals surface area (Å²) < 4.78 is 25.2. The first-order chi connectivity index (χ1) is 22.6. The standard InChI is InChI=1S/C38H45NO7/c40-24-14-13-23-39-38(42)37(46-28-33-21-11-4-12-22-33)36(45-27-32-19-9-3-10-20-32)35(44-26-31-17-7-2-8-18-31)34(41)29-43-25-30-15-5-1-6-16-30/h1-12,15-22,34-37,40-41H,13-14,23-29H2,(H,39,42)/t34-,35-,36+,37-/m1/s1. The summed E-state index contributed by atoms with van der Waals surface area (Å²) in [5.41, 5.74) is 3.66. The molecule has 0 spiro atoms. The zero-order valence-electron chi connectivity index (χ0n) is 26.2. The van der Waals surface area contributed by atoms with Crippen molar-refractivity contribution in [1.29, 1.82) is 0 Å². The lowest BCUT2D eigenvalue weighted by Gasteiger charge is -2.35. The molecule has 0 bridgehead atoms. The van der Waals surface area contributed by atoms with Gasteiger partial charge < -0.3 is 34.5 Å². The molecule has 4 aromatic carbocycles. The molecule has 4 atom stereocenters. The first-order valence-electron chi connectivity index (χ1n) is 15.8. The molecule has 0 fully saturated rings. The van der Waals surface area contributed by atoms with Crippen LogP contribution in [0.3, 0.4) is 0 Å². The van der Waals surface area contributed by atoms with E-state index in [0.29, 0.717) is 26.0 Å². The summed E-state index contributed by atoms with van der Waals surface area (Å²) in [7, 11) is 0. The van der Waals surface area contributed by atoms with Crippen molar-refractivity contribution in [2.75, 3.05) is 19.8 Å². The largest absolute Gasteiger partial charge is 0.396 e. The number of aliphatic hydroxyl groups is 2. The molecule has 0 aromatic heterocycles. The van der Waals surface area contributed by atoms with Gasteiger partial charge in [0.05, 0.1) is 33.0 Å². The van der Waals surface area contributed by atoms with Gasteiger partial charge in [0.2, 0.25) is 0 Å². The highest BCUT2D eigenvalue weighted by atomic mass is 16.6. The number of unbranched alkanes of at least 4 members (excludes halogenated alkanes) is 1. The van der Waals surface area contributed by atoms with Crippen LogP contribution in [0.1, 0.15) is 35.1 Å². The fraction of sp³-hybridized carbons (Fsp3) is 0.342. The number of hydrogen-bond acceptors (Lipinski definition) is 7. The zero-order valence-corrected chi connectivity index (χ0v) is 26.2. The molecule has 1 amide bonds. The Morgan fingerprint density at radius 2 is 1.02 bits per heavy atom. The van der Waals surface area contributed by atoms with Gasteiger partial charge in [-0.15, -0.1) is 0 Å². The summed E-state index contributed by atoms with van der Waals surface area (Å²) in [6.45, 7) is 1.13. The lowest BCUT2D eigenvalue weighted by atomic mass is 10.0. The first-order valence-corrected chi connectivity index (χ1v) is 15.8. The van der Waals surface area contributed by atoms with Crippen molar-refractivity contribution in [2.24, 2.45) is 0 Å². The first kappa shape index (κ1) is 35.0. The van der Waals surface area contributed by atoms with Gasteiger partial charge in [0, 0.05) is 13.2 Å². The van der Waals surface area contributed by atoms with Crippen molar-refractivity contribution in [3.63, 3.8) is 0 Å². The van der Waals surface area contributed by atoms with Gasteiger partial charge in [0.15, 0.2) is 6.10 Å². The number of carbonyl (C=O) groups is 1. The molecule has 0 aliphatic carbocycles. The number of benzene rings is 4. The summed E-state index contributed by atoms with van der Waals surface area (Å²) >= 11 is 0. The van der Waals surface area contributed by atoms with Crippen LogP contribution in [-0.4, -0.2) is 60.3 Å². The molecule has 46 heavy (non-hydrogen) atoms. The van der Waals surface area contributed by atoms with Gasteiger partial charge in [-0.25, -0.2) is 0 Å². The minimum Gasteiger partial charge on any atom is -0.396 e. The maximum absolute atomic E-state index is 13.8. The number of ether oxygens (including phenoxy) is 4. The smallest absolute Gasteiger partial charge is 0.251 e. The quantitative estimate of drug-likeness (QED) is 0.109. The number of carbonyl (C=O) groups excluding carboxylic acids is 1. The summed E-state index contributed by atoms with van der Waals surface area (Å²) in [5.74, 6) is -0.391. The molecular weight excluding hydrogens is 582 g/mol. The normalized spacial score (nSPS) is 13.9. The molecular formula is C38H45NO7. The second kappa shape index (κ2) is 20.3. The minimum atomic E-state index is -1.15. The highest BCUT2D eigenvalue weighted by Gasteiger charge is 2.41. The van der Waals surface area contributed by atoms with E-state index in [1.807, 2.05) is 121 Å². The summed E-state index contributed by atoms with van der Waals surface area (Å²) in [4.78, 5) is 13.8. The Labute approximate surface area is 271 Å². The zero-order chi connectivity index (χ0) is 32.2. The van der Waals surface area contributed by atoms with Crippen LogP contribution < -0.4 is 5.32 Å². The van der Waals surface area contributed by atoms with Crippen LogP contribution in [-0.2, 0) is 50.2 Å². The highest BCUT2D eigenvalue weighted by Crippen LogP contribution is 2.22. The average Bonchev–Trinajstić information content (AvgIpc) is 3.10. The third kappa shape index (κ3) is 12.1. The van der Waals surface area contributed by atoms with Crippen LogP contribution in [0.2, 0.25) is 0 Å². The second-order valence-corrected chi connectivity index (χ2v) is 11.0. The van der Waals surface area contributed by atoms with E-state index in [2.05, 4.69) is 5.32 Å². The lowest BCUT2D eigenvalue weighted by Crippen LogP contribution is -2.55. The van der Waals surface area contributed by atoms with Crippen molar-refractivity contribution in [3.05, 3.63) is 144 Å². The van der Waals surface area contributed by atoms with Gasteiger partial charge in [0.25, 0.3) is 5.91 Å². The number of aliphatic hydroxyl groups excluding tert-OH is 2. The topological polar surface area (TPSA) is 106 Å². The van der Waals surface area contributed by atoms with Gasteiger partial charge in [0.1, 0.15) is 18.3 Å². The molecule has 8 heteroatoms. The molecule has 0 unspecified atom stereocenters. The van der Waals surface area contributed by atoms with Crippen LogP contribution in [0.5, 0.6) is 0 Å². The third-order valence-electron chi connectivity index (χ3n) is 7.39. The third-order valence-corrected chi connectivity index (χ3v) is 7.39. The van der Waals surface area contributed by atoms with Crippen molar-refractivity contribution in [3.8, 4) is 0 Å². The number of rotatable bonds is 21. The maximum atomic E-state index is 13.8. The van der Waals surface area contributed by atoms with Gasteiger partial charge in [-0.2, -0.15) is 0 Å². The average molecular weight is 628 g/mol. The van der Waals surface area contributed by atoms with Crippen molar-refractivity contribution in [1.82, 2.24) is 5.32 Å². The molecule has 0 heterocycles. The second-order valence-electron chi connectivity index (χ2n) is 11.0. The predicted octanol–water partition coefficient (Wildman–Crippen LogP) is 5.21. The fourth-order valence-electron chi connectivity index (χ4n) is 4.91. The molecule has 0 saturated carbocycles. The Morgan fingerprint density at radius 3 is 1.50 bits per heavy atom. The summed E-state index contributed by atoms with van der Waals surface area (Å²) in [6, 6.07) is 38.6. The molecule has 0 radical (unpaired) electrons. The van der Waals surface area contributed by atoms with E-state index >= 15 is 0 Å². The molecule has 244 valence electrons. The van der Waals surface area contributed by atoms with E-state index in [9.17, 15) is 15.0 Å². The van der Waals surface area contributed by atoms with Gasteiger partial charge in [-0.05, 0) is 35.1 Å². The van der Waals surface area contributed by atoms with Crippen LogP contribution in [0, 0.1) is 0 Å². The molecule has 4 aromatic rings. The summed E-state index contributed by atoms with van der Waals surface area (Å²) in [5, 5.41) is 23.8. The molecule has 3 N–H and O–H groups in total. The van der Waals surface area contributed by atoms with Crippen LogP contribution in [0.15, 0.2) is 121 Å². The summed E-state index contributed by atoms with van der Waals surface area (Å²) in [6.07, 6.45) is -3.14. The van der Waals surface area contributed by atoms with Gasteiger partial charge >= 0.3 is 0 Å². The minimum absolute atomic E-state index is 0.0389. The van der Waals surface area contributed by atoms with Crippen molar-refractivity contribution < 1.29 is 34.0 Å². The fourth-order valence-corrected chi connectivity index (χ4v) is 4.91. The Balaban J connectivity index is 1.62. The van der Waals surface area contributed by atoms with Crippen LogP contribution >= 0.6 is 0 Å². The van der Waals surface area contributed by atoms with E-state index < -0.39 is 30.3 Å². The predicted molar refractivity (Wildman–Crippen MR) is 176 cm³/mol. The number of amides is 1. The van der Waals surface area contributed by atoms with Crippen LogP contribution in [0.25, 0.3) is 0 Å². The Morgan fingerprint density at radius 1 is 0.587 bits per heavy atom. The SMILES string of the molecule is O=C(NCCCCO)[C@H](OCc1ccccc1)[C@@H](OCc1ccccc1)[C@H](OCc1ccccc1)[C@H](O)COCc1ccccc1. The van der Waals surface area contributed by atoms with E-state index in [-0.39, 0.29) is 33.0 Å². The molecule has 8 nitrogen and oxygen atoms in total. The Kier molecular flexibility index (Phi) is 15.4. The maximum Gasteiger partial charge on any atom is 0.251 e. The van der Waals surface area contributed by atoms with E-state index in [0.717, 1.165) is 22.3 Å². The van der Waals surface area contributed by atoms with E-state index in [4.69, 9.17) is 18.9 Å². The lowest BCUT2D eigenvalue weighted by molar-refractivity contribution is -0.191. The van der Waals surface area contributed by atoms with Gasteiger partial charge in [-0.1, -0.05) is 121 Å². The Bertz CT molecular complexity index is 1360. The molecule has 0 aliphatic heterocycles. The monoisotopic (exact) mass is 627 g/mol. The molecule has 0 aliphatic rings. The molecule has 0 saturated heterocycles. The van der Waals surface area contributed by atoms with Gasteiger partial charge in [-0.3, -0.25) is 4.79 Å². The molecule has 4 rings (SSSR count). The van der Waals surface area contributed by atoms with E-state index in [1.54, 1.807) is 0 Å². The highest BCUT2D eigenvalue weighted by molar-refractivity contribution is 5.81. The van der Waals surface area contributed by atoms with E-state index in [1.165, 1.54) is 0 Å². The number of nitrogens with one attached hydrogen (secondary N) is 1. The number of hydrogen-bond donors (Lipinski definition) is 3. The Hall–Kier alpha value is -3.89. The van der Waals surface area contributed by atoms with Crippen molar-refractivity contribution >= 4 is 5.91 Å². The van der Waals surface area contributed by atoms with Crippen LogP contribution in [0.4, 0.5) is 0 Å².